The lowest BCUT2D eigenvalue weighted by molar-refractivity contribution is 0.423. The van der Waals surface area contributed by atoms with Gasteiger partial charge in [0.15, 0.2) is 10.3 Å². The number of aromatic nitrogens is 3. The van der Waals surface area contributed by atoms with Gasteiger partial charge in [0.05, 0.1) is 9.16 Å². The van der Waals surface area contributed by atoms with E-state index in [2.05, 4.69) is 74.6 Å². The summed E-state index contributed by atoms with van der Waals surface area (Å²) in [5.41, 5.74) is 2.30. The molecular weight excluding hydrogens is 645 g/mol. The highest BCUT2D eigenvalue weighted by molar-refractivity contribution is 8.17. The van der Waals surface area contributed by atoms with E-state index >= 15 is 0 Å². The second-order valence-corrected chi connectivity index (χ2v) is 20.5. The first-order valence-corrected chi connectivity index (χ1v) is 21.6. The standard InChI is InChI=1S/C37H64N4OS4/c1-11-13-15-17-19-21-23-43-27(3)45-34-39-33(40-35(41-34)46-28(4)44-24-22-20-18-16-14-12-2)38-29-25-30(36(5,6)7)32(42)31(26-29)37(8,9)10/h25-28,42H,11-24H2,1-10H3,(H,38,39,40,41). The van der Waals surface area contributed by atoms with Gasteiger partial charge in [-0.15, -0.1) is 23.5 Å². The Bertz CT molecular complexity index is 1070. The summed E-state index contributed by atoms with van der Waals surface area (Å²) in [5.74, 6) is 3.28. The quantitative estimate of drug-likeness (QED) is 0.0538. The third-order valence-electron chi connectivity index (χ3n) is 7.82. The molecule has 46 heavy (non-hydrogen) atoms. The van der Waals surface area contributed by atoms with Crippen LogP contribution in [0.2, 0.25) is 0 Å². The van der Waals surface area contributed by atoms with Crippen LogP contribution in [0.4, 0.5) is 11.6 Å². The van der Waals surface area contributed by atoms with Gasteiger partial charge >= 0.3 is 0 Å². The lowest BCUT2D eigenvalue weighted by Crippen LogP contribution is -2.18. The Kier molecular flexibility index (Phi) is 19.2. The van der Waals surface area contributed by atoms with E-state index in [1.54, 1.807) is 23.5 Å². The highest BCUT2D eigenvalue weighted by Gasteiger charge is 2.27. The Morgan fingerprint density at radius 3 is 1.41 bits per heavy atom. The molecule has 0 saturated carbocycles. The largest absolute Gasteiger partial charge is 0.507 e. The fourth-order valence-electron chi connectivity index (χ4n) is 5.11. The number of anilines is 2. The minimum Gasteiger partial charge on any atom is -0.507 e. The topological polar surface area (TPSA) is 70.9 Å². The fraction of sp³-hybridized carbons (Fsp3) is 0.757. The Balaban J connectivity index is 2.22. The van der Waals surface area contributed by atoms with Gasteiger partial charge in [0.2, 0.25) is 5.95 Å². The van der Waals surface area contributed by atoms with Gasteiger partial charge in [-0.05, 0) is 61.2 Å². The van der Waals surface area contributed by atoms with Crippen LogP contribution in [0.15, 0.2) is 22.4 Å². The Hall–Kier alpha value is -0.770. The van der Waals surface area contributed by atoms with E-state index in [1.807, 2.05) is 35.7 Å². The molecule has 0 aliphatic heterocycles. The summed E-state index contributed by atoms with van der Waals surface area (Å²) in [7, 11) is 0. The number of phenols is 1. The van der Waals surface area contributed by atoms with Crippen LogP contribution < -0.4 is 5.32 Å². The van der Waals surface area contributed by atoms with Gasteiger partial charge in [-0.25, -0.2) is 0 Å². The van der Waals surface area contributed by atoms with Crippen molar-refractivity contribution >= 4 is 58.7 Å². The second-order valence-electron chi connectivity index (χ2n) is 14.4. The molecule has 0 saturated heterocycles. The predicted octanol–water partition coefficient (Wildman–Crippen LogP) is 13.0. The maximum Gasteiger partial charge on any atom is 0.232 e. The molecule has 0 aliphatic rings. The van der Waals surface area contributed by atoms with Crippen molar-refractivity contribution in [3.05, 3.63) is 23.3 Å². The number of nitrogens with zero attached hydrogens (tertiary/aromatic N) is 3. The zero-order valence-electron chi connectivity index (χ0n) is 30.6. The Morgan fingerprint density at radius 1 is 0.630 bits per heavy atom. The molecule has 0 amide bonds. The molecule has 0 radical (unpaired) electrons. The zero-order chi connectivity index (χ0) is 34.2. The van der Waals surface area contributed by atoms with Crippen LogP contribution in [-0.4, -0.2) is 40.7 Å². The van der Waals surface area contributed by atoms with E-state index in [9.17, 15) is 5.11 Å². The second kappa shape index (κ2) is 21.3. The Morgan fingerprint density at radius 2 is 1.02 bits per heavy atom. The first-order chi connectivity index (χ1) is 21.7. The number of hydrogen-bond acceptors (Lipinski definition) is 9. The zero-order valence-corrected chi connectivity index (χ0v) is 33.9. The molecular formula is C37H64N4OS4. The van der Waals surface area contributed by atoms with E-state index in [0.717, 1.165) is 27.1 Å². The molecule has 0 bridgehead atoms. The average Bonchev–Trinajstić information content (AvgIpc) is 2.95. The molecule has 2 aromatic rings. The summed E-state index contributed by atoms with van der Waals surface area (Å²) >= 11 is 7.46. The number of thioether (sulfide) groups is 4. The van der Waals surface area contributed by atoms with Crippen LogP contribution in [0, 0.1) is 0 Å². The molecule has 2 N–H and O–H groups in total. The fourth-order valence-corrected chi connectivity index (χ4v) is 9.36. The molecule has 1 aromatic carbocycles. The predicted molar refractivity (Wildman–Crippen MR) is 211 cm³/mol. The van der Waals surface area contributed by atoms with Crippen LogP contribution in [0.5, 0.6) is 5.75 Å². The van der Waals surface area contributed by atoms with Crippen molar-refractivity contribution in [1.82, 2.24) is 15.0 Å². The van der Waals surface area contributed by atoms with Crippen molar-refractivity contribution in [2.45, 2.75) is 177 Å². The summed E-state index contributed by atoms with van der Waals surface area (Å²) in [5, 5.41) is 16.3. The molecule has 9 heteroatoms. The molecule has 2 unspecified atom stereocenters. The van der Waals surface area contributed by atoms with Crippen molar-refractivity contribution in [3.8, 4) is 5.75 Å². The summed E-state index contributed by atoms with van der Waals surface area (Å²) in [6.07, 6.45) is 15.9. The monoisotopic (exact) mass is 708 g/mol. The summed E-state index contributed by atoms with van der Waals surface area (Å²) in [4.78, 5) is 14.7. The van der Waals surface area contributed by atoms with Gasteiger partial charge < -0.3 is 10.4 Å². The molecule has 0 aliphatic carbocycles. The molecule has 5 nitrogen and oxygen atoms in total. The van der Waals surface area contributed by atoms with Crippen LogP contribution in [-0.2, 0) is 10.8 Å². The molecule has 0 spiro atoms. The van der Waals surface area contributed by atoms with Gasteiger partial charge in [0.25, 0.3) is 0 Å². The van der Waals surface area contributed by atoms with Crippen LogP contribution in [0.25, 0.3) is 0 Å². The number of nitrogens with one attached hydrogen (secondary N) is 1. The summed E-state index contributed by atoms with van der Waals surface area (Å²) in [6.45, 7) is 21.9. The number of hydrogen-bond donors (Lipinski definition) is 2. The first kappa shape index (κ1) is 41.4. The molecule has 1 heterocycles. The summed E-state index contributed by atoms with van der Waals surface area (Å²) < 4.78 is 0.716. The first-order valence-electron chi connectivity index (χ1n) is 17.7. The van der Waals surface area contributed by atoms with E-state index < -0.39 is 0 Å². The smallest absolute Gasteiger partial charge is 0.232 e. The number of phenolic OH excluding ortho intramolecular Hbond substituents is 1. The van der Waals surface area contributed by atoms with Gasteiger partial charge in [0.1, 0.15) is 5.75 Å². The normalized spacial score (nSPS) is 13.6. The van der Waals surface area contributed by atoms with Crippen molar-refractivity contribution < 1.29 is 5.11 Å². The Labute approximate surface area is 299 Å². The molecule has 262 valence electrons. The van der Waals surface area contributed by atoms with Crippen LogP contribution in [0.1, 0.15) is 157 Å². The molecule has 0 fully saturated rings. The average molecular weight is 709 g/mol. The van der Waals surface area contributed by atoms with Crippen molar-refractivity contribution in [1.29, 1.82) is 0 Å². The van der Waals surface area contributed by atoms with Gasteiger partial charge in [-0.3, -0.25) is 0 Å². The van der Waals surface area contributed by atoms with E-state index in [4.69, 9.17) is 15.0 Å². The van der Waals surface area contributed by atoms with Crippen molar-refractivity contribution in [3.63, 3.8) is 0 Å². The number of benzene rings is 1. The van der Waals surface area contributed by atoms with Crippen molar-refractivity contribution in [2.75, 3.05) is 16.8 Å². The van der Waals surface area contributed by atoms with Gasteiger partial charge in [-0.2, -0.15) is 15.0 Å². The van der Waals surface area contributed by atoms with Gasteiger partial charge in [-0.1, -0.05) is 143 Å². The number of aromatic hydroxyl groups is 1. The van der Waals surface area contributed by atoms with Crippen LogP contribution in [0.3, 0.4) is 0 Å². The van der Waals surface area contributed by atoms with Crippen molar-refractivity contribution in [2.24, 2.45) is 0 Å². The molecule has 1 aromatic heterocycles. The third-order valence-corrected chi connectivity index (χ3v) is 12.7. The minimum absolute atomic E-state index is 0.214. The number of rotatable bonds is 22. The maximum absolute atomic E-state index is 11.2. The van der Waals surface area contributed by atoms with E-state index in [-0.39, 0.29) is 10.8 Å². The van der Waals surface area contributed by atoms with Crippen LogP contribution >= 0.6 is 47.0 Å². The molecule has 2 rings (SSSR count). The molecule has 2 atom stereocenters. The highest BCUT2D eigenvalue weighted by Crippen LogP contribution is 2.42. The lowest BCUT2D eigenvalue weighted by atomic mass is 9.79. The van der Waals surface area contributed by atoms with E-state index in [0.29, 0.717) is 20.9 Å². The number of unbranched alkanes of at least 4 members (excludes halogenated alkanes) is 10. The highest BCUT2D eigenvalue weighted by atomic mass is 32.2. The van der Waals surface area contributed by atoms with E-state index in [1.165, 1.54) is 88.6 Å². The summed E-state index contributed by atoms with van der Waals surface area (Å²) in [6, 6.07) is 4.10. The SMILES string of the molecule is CCCCCCCCSC(C)Sc1nc(Nc2cc(C(C)(C)C)c(O)c(C(C)(C)C)c2)nc(SC(C)SCCCCCCCC)n1. The van der Waals surface area contributed by atoms with Gasteiger partial charge in [0, 0.05) is 16.8 Å². The lowest BCUT2D eigenvalue weighted by Gasteiger charge is -2.28. The third kappa shape index (κ3) is 16.1. The minimum atomic E-state index is -0.214. The maximum atomic E-state index is 11.2.